The van der Waals surface area contributed by atoms with Crippen LogP contribution in [-0.2, 0) is 23.8 Å². The molecule has 0 N–H and O–H groups in total. The normalized spacial score (nSPS) is 15.8. The van der Waals surface area contributed by atoms with Gasteiger partial charge in [-0.3, -0.25) is 9.59 Å². The first-order chi connectivity index (χ1) is 24.2. The first kappa shape index (κ1) is 45.4. The summed E-state index contributed by atoms with van der Waals surface area (Å²) < 4.78 is 16.5. The topological polar surface area (TPSA) is 65.1 Å². The van der Waals surface area contributed by atoms with Crippen molar-refractivity contribution in [1.82, 2.24) is 0 Å². The molecular weight excluding hydrogens is 608 g/mol. The molecule has 1 heterocycles. The molecule has 0 saturated carbocycles. The summed E-state index contributed by atoms with van der Waals surface area (Å²) in [6.45, 7) is 5.07. The summed E-state index contributed by atoms with van der Waals surface area (Å²) >= 11 is 0. The predicted octanol–water partition coefficient (Wildman–Crippen LogP) is 13.8. The summed E-state index contributed by atoms with van der Waals surface area (Å²) in [4.78, 5) is 24.1. The molecule has 49 heavy (non-hydrogen) atoms. The average molecular weight is 689 g/mol. The zero-order valence-corrected chi connectivity index (χ0v) is 32.5. The van der Waals surface area contributed by atoms with Gasteiger partial charge in [0, 0.05) is 12.8 Å². The summed E-state index contributed by atoms with van der Waals surface area (Å²) in [5.41, 5.74) is 0. The fourth-order valence-electron chi connectivity index (χ4n) is 6.36. The molecule has 5 nitrogen and oxygen atoms in total. The van der Waals surface area contributed by atoms with Crippen molar-refractivity contribution >= 4 is 11.9 Å². The second-order valence-electron chi connectivity index (χ2n) is 14.6. The van der Waals surface area contributed by atoms with E-state index in [9.17, 15) is 9.59 Å². The zero-order chi connectivity index (χ0) is 35.3. The van der Waals surface area contributed by atoms with E-state index in [4.69, 9.17) is 14.2 Å². The van der Waals surface area contributed by atoms with E-state index in [0.29, 0.717) is 19.4 Å². The number of unbranched alkanes of at least 4 members (excludes halogenated alkanes) is 25. The highest BCUT2D eigenvalue weighted by Crippen LogP contribution is 2.29. The first-order valence-corrected chi connectivity index (χ1v) is 21.5. The number of epoxide rings is 1. The van der Waals surface area contributed by atoms with E-state index in [1.165, 1.54) is 141 Å². The number of hydrogen-bond donors (Lipinski definition) is 0. The second-order valence-corrected chi connectivity index (χ2v) is 14.6. The van der Waals surface area contributed by atoms with Gasteiger partial charge in [0.25, 0.3) is 0 Å². The molecule has 1 aliphatic rings. The van der Waals surface area contributed by atoms with Crippen molar-refractivity contribution in [3.63, 3.8) is 0 Å². The molecule has 0 radical (unpaired) electrons. The van der Waals surface area contributed by atoms with Gasteiger partial charge >= 0.3 is 11.9 Å². The van der Waals surface area contributed by atoms with Gasteiger partial charge < -0.3 is 14.2 Å². The fourth-order valence-corrected chi connectivity index (χ4v) is 6.36. The second kappa shape index (κ2) is 36.2. The number of hydrogen-bond acceptors (Lipinski definition) is 5. The predicted molar refractivity (Wildman–Crippen MR) is 208 cm³/mol. The van der Waals surface area contributed by atoms with Gasteiger partial charge in [0.2, 0.25) is 6.29 Å². The van der Waals surface area contributed by atoms with Crippen molar-refractivity contribution in [1.29, 1.82) is 0 Å². The minimum absolute atomic E-state index is 0.0459. The number of allylic oxidation sites excluding steroid dienone is 4. The molecule has 0 aromatic heterocycles. The third-order valence-corrected chi connectivity index (χ3v) is 9.71. The van der Waals surface area contributed by atoms with E-state index in [1.807, 2.05) is 0 Å². The van der Waals surface area contributed by atoms with Crippen LogP contribution in [0.4, 0.5) is 0 Å². The van der Waals surface area contributed by atoms with Gasteiger partial charge in [-0.25, -0.2) is 0 Å². The lowest BCUT2D eigenvalue weighted by Crippen LogP contribution is -2.09. The third-order valence-electron chi connectivity index (χ3n) is 9.71. The lowest BCUT2D eigenvalue weighted by atomic mass is 10.1. The maximum absolute atomic E-state index is 12.1. The van der Waals surface area contributed by atoms with Crippen LogP contribution in [0.25, 0.3) is 0 Å². The Balaban J connectivity index is 1.78. The highest BCUT2D eigenvalue weighted by Gasteiger charge is 2.41. The smallest absolute Gasteiger partial charge is 0.308 e. The largest absolute Gasteiger partial charge is 0.466 e. The van der Waals surface area contributed by atoms with Crippen LogP contribution in [0.1, 0.15) is 226 Å². The molecule has 0 aliphatic carbocycles. The fraction of sp³-hybridized carbons (Fsp3) is 0.864. The maximum atomic E-state index is 12.1. The molecule has 286 valence electrons. The van der Waals surface area contributed by atoms with Gasteiger partial charge in [0.1, 0.15) is 6.10 Å². The quantitative estimate of drug-likeness (QED) is 0.0279. The van der Waals surface area contributed by atoms with Crippen LogP contribution in [0.5, 0.6) is 0 Å². The van der Waals surface area contributed by atoms with Crippen LogP contribution >= 0.6 is 0 Å². The summed E-state index contributed by atoms with van der Waals surface area (Å²) in [7, 11) is 0. The molecule has 1 rings (SSSR count). The lowest BCUT2D eigenvalue weighted by molar-refractivity contribution is -0.148. The zero-order valence-electron chi connectivity index (χ0n) is 32.5. The Morgan fingerprint density at radius 2 is 0.857 bits per heavy atom. The van der Waals surface area contributed by atoms with Gasteiger partial charge in [-0.15, -0.1) is 0 Å². The Morgan fingerprint density at radius 1 is 0.469 bits per heavy atom. The molecule has 0 amide bonds. The molecule has 0 aromatic carbocycles. The van der Waals surface area contributed by atoms with E-state index < -0.39 is 0 Å². The van der Waals surface area contributed by atoms with Crippen molar-refractivity contribution in [2.45, 2.75) is 238 Å². The number of esters is 2. The molecule has 0 spiro atoms. The third kappa shape index (κ3) is 33.3. The number of ether oxygens (including phenoxy) is 3. The van der Waals surface area contributed by atoms with E-state index in [-0.39, 0.29) is 24.3 Å². The van der Waals surface area contributed by atoms with Crippen LogP contribution in [-0.4, -0.2) is 30.9 Å². The van der Waals surface area contributed by atoms with Gasteiger partial charge in [0.15, 0.2) is 0 Å². The van der Waals surface area contributed by atoms with Crippen molar-refractivity contribution in [2.75, 3.05) is 6.61 Å². The van der Waals surface area contributed by atoms with E-state index in [1.54, 1.807) is 0 Å². The van der Waals surface area contributed by atoms with Crippen LogP contribution in [0, 0.1) is 0 Å². The van der Waals surface area contributed by atoms with Gasteiger partial charge in [-0.2, -0.15) is 0 Å². The van der Waals surface area contributed by atoms with Crippen molar-refractivity contribution in [2.24, 2.45) is 0 Å². The highest BCUT2D eigenvalue weighted by atomic mass is 16.8. The summed E-state index contributed by atoms with van der Waals surface area (Å²) in [5.74, 6) is -0.163. The Hall–Kier alpha value is -1.62. The van der Waals surface area contributed by atoms with Crippen LogP contribution in [0.15, 0.2) is 24.3 Å². The van der Waals surface area contributed by atoms with Crippen molar-refractivity contribution in [3.05, 3.63) is 24.3 Å². The van der Waals surface area contributed by atoms with E-state index >= 15 is 0 Å². The van der Waals surface area contributed by atoms with Gasteiger partial charge in [-0.05, 0) is 77.0 Å². The van der Waals surface area contributed by atoms with Gasteiger partial charge in [0.05, 0.1) is 6.61 Å². The SMILES string of the molecule is CCCCCCCC/C=C\CCCCCCCC(=O)OCCCCCCC1OC1OC(=O)CCCCCCC/C=C\CCCCCCCC. The first-order valence-electron chi connectivity index (χ1n) is 21.5. The number of carbonyl (C=O) groups is 2. The van der Waals surface area contributed by atoms with Crippen LogP contribution < -0.4 is 0 Å². The van der Waals surface area contributed by atoms with E-state index in [2.05, 4.69) is 38.2 Å². The number of rotatable bonds is 38. The van der Waals surface area contributed by atoms with Gasteiger partial charge in [-0.1, -0.05) is 160 Å². The molecule has 0 bridgehead atoms. The lowest BCUT2D eigenvalue weighted by Gasteiger charge is -2.05. The van der Waals surface area contributed by atoms with Crippen molar-refractivity contribution in [3.8, 4) is 0 Å². The minimum atomic E-state index is -0.326. The molecule has 1 saturated heterocycles. The summed E-state index contributed by atoms with van der Waals surface area (Å²) in [5, 5.41) is 0. The highest BCUT2D eigenvalue weighted by molar-refractivity contribution is 5.69. The Kier molecular flexibility index (Phi) is 33.5. The Bertz CT molecular complexity index is 790. The van der Waals surface area contributed by atoms with Crippen LogP contribution in [0.3, 0.4) is 0 Å². The Labute approximate surface area is 304 Å². The summed E-state index contributed by atoms with van der Waals surface area (Å²) in [6, 6.07) is 0. The van der Waals surface area contributed by atoms with Crippen molar-refractivity contribution < 1.29 is 23.8 Å². The molecule has 5 heteroatoms. The Morgan fingerprint density at radius 3 is 1.35 bits per heavy atom. The molecule has 0 aromatic rings. The molecule has 1 aliphatic heterocycles. The maximum Gasteiger partial charge on any atom is 0.308 e. The average Bonchev–Trinajstić information content (AvgIpc) is 3.84. The monoisotopic (exact) mass is 689 g/mol. The summed E-state index contributed by atoms with van der Waals surface area (Å²) in [6.07, 6.45) is 48.0. The molecule has 1 fully saturated rings. The molecule has 2 unspecified atom stereocenters. The minimum Gasteiger partial charge on any atom is -0.466 e. The molecule has 2 atom stereocenters. The standard InChI is InChI=1S/C44H80O5/c1-3-5-7-9-11-13-15-17-19-21-23-25-27-29-34-38-42(45)47-40-36-32-31-33-37-41-44(48-41)49-43(46)39-35-30-28-26-24-22-20-18-16-14-12-10-8-6-4-2/h17-20,41,44H,3-16,21-40H2,1-2H3/b19-17-,20-18-. The van der Waals surface area contributed by atoms with E-state index in [0.717, 1.165) is 57.8 Å². The number of carbonyl (C=O) groups excluding carboxylic acids is 2. The van der Waals surface area contributed by atoms with Crippen LogP contribution in [0.2, 0.25) is 0 Å². The molecular formula is C44H80O5.